The maximum Gasteiger partial charge on any atom is 0.102 e. The van der Waals surface area contributed by atoms with Crippen molar-refractivity contribution < 1.29 is 5.11 Å². The van der Waals surface area contributed by atoms with Crippen LogP contribution in [-0.4, -0.2) is 48.1 Å². The number of pyridine rings is 1. The predicted molar refractivity (Wildman–Crippen MR) is 91.6 cm³/mol. The Morgan fingerprint density at radius 3 is 3.04 bits per heavy atom. The SMILES string of the molecule is N#Cc1c(CN2CCCC(O)(Cn3ccnn3)C2)cn2ccccc12. The molecule has 0 bridgehead atoms. The van der Waals surface area contributed by atoms with Crippen LogP contribution in [0.5, 0.6) is 0 Å². The number of likely N-dealkylation sites (tertiary alicyclic amines) is 1. The Labute approximate surface area is 145 Å². The van der Waals surface area contributed by atoms with Crippen molar-refractivity contribution in [2.24, 2.45) is 0 Å². The molecule has 7 heteroatoms. The van der Waals surface area contributed by atoms with Gasteiger partial charge in [0.05, 0.1) is 29.4 Å². The highest BCUT2D eigenvalue weighted by Gasteiger charge is 2.34. The minimum absolute atomic E-state index is 0.437. The molecule has 1 aliphatic heterocycles. The monoisotopic (exact) mass is 336 g/mol. The molecule has 3 aromatic heterocycles. The van der Waals surface area contributed by atoms with Gasteiger partial charge in [-0.05, 0) is 31.5 Å². The van der Waals surface area contributed by atoms with E-state index >= 15 is 0 Å². The number of piperidine rings is 1. The second-order valence-corrected chi connectivity index (χ2v) is 6.77. The smallest absolute Gasteiger partial charge is 0.102 e. The molecule has 4 heterocycles. The fourth-order valence-corrected chi connectivity index (χ4v) is 3.76. The summed E-state index contributed by atoms with van der Waals surface area (Å²) in [6.45, 7) is 2.57. The van der Waals surface area contributed by atoms with Crippen molar-refractivity contribution in [2.45, 2.75) is 31.5 Å². The number of aliphatic hydroxyl groups is 1. The molecule has 1 N–H and O–H groups in total. The van der Waals surface area contributed by atoms with Gasteiger partial charge < -0.3 is 9.51 Å². The van der Waals surface area contributed by atoms with Gasteiger partial charge >= 0.3 is 0 Å². The molecule has 1 fully saturated rings. The van der Waals surface area contributed by atoms with E-state index in [1.54, 1.807) is 17.1 Å². The van der Waals surface area contributed by atoms with Gasteiger partial charge in [0.25, 0.3) is 0 Å². The van der Waals surface area contributed by atoms with Gasteiger partial charge in [0, 0.05) is 37.2 Å². The fraction of sp³-hybridized carbons (Fsp3) is 0.389. The molecule has 0 spiro atoms. The molecule has 0 saturated carbocycles. The van der Waals surface area contributed by atoms with Crippen molar-refractivity contribution in [1.29, 1.82) is 5.26 Å². The van der Waals surface area contributed by atoms with Crippen molar-refractivity contribution in [3.05, 3.63) is 54.1 Å². The number of nitrogens with zero attached hydrogens (tertiary/aromatic N) is 6. The van der Waals surface area contributed by atoms with E-state index in [1.807, 2.05) is 35.0 Å². The third-order valence-electron chi connectivity index (χ3n) is 4.83. The van der Waals surface area contributed by atoms with Crippen LogP contribution in [0.1, 0.15) is 24.0 Å². The van der Waals surface area contributed by atoms with Crippen LogP contribution in [0.25, 0.3) is 5.52 Å². The van der Waals surface area contributed by atoms with Gasteiger partial charge in [0.1, 0.15) is 6.07 Å². The lowest BCUT2D eigenvalue weighted by Crippen LogP contribution is -2.50. The van der Waals surface area contributed by atoms with Crippen molar-refractivity contribution in [3.8, 4) is 6.07 Å². The quantitative estimate of drug-likeness (QED) is 0.779. The first-order valence-corrected chi connectivity index (χ1v) is 8.44. The number of β-amino-alcohol motifs (C(OH)–C–C–N with tert-alkyl or cyclic N) is 1. The summed E-state index contributed by atoms with van der Waals surface area (Å²) in [4.78, 5) is 2.22. The lowest BCUT2D eigenvalue weighted by atomic mass is 9.92. The summed E-state index contributed by atoms with van der Waals surface area (Å²) in [6, 6.07) is 8.19. The standard InChI is InChI=1S/C18H20N6O/c19-10-16-15(12-23-8-2-1-4-17(16)23)11-22-7-3-5-18(25,13-22)14-24-9-6-20-21-24/h1-2,4,6,8-9,12,25H,3,5,7,11,13-14H2. The summed E-state index contributed by atoms with van der Waals surface area (Å²) in [7, 11) is 0. The molecule has 25 heavy (non-hydrogen) atoms. The molecule has 0 amide bonds. The summed E-state index contributed by atoms with van der Waals surface area (Å²) < 4.78 is 3.66. The molecular weight excluding hydrogens is 316 g/mol. The Hall–Kier alpha value is -2.69. The third-order valence-corrected chi connectivity index (χ3v) is 4.83. The first-order valence-electron chi connectivity index (χ1n) is 8.44. The number of aromatic nitrogens is 4. The summed E-state index contributed by atoms with van der Waals surface area (Å²) in [6.07, 6.45) is 9.02. The maximum absolute atomic E-state index is 11.0. The molecule has 1 saturated heterocycles. The van der Waals surface area contributed by atoms with Crippen molar-refractivity contribution in [3.63, 3.8) is 0 Å². The number of hydrogen-bond acceptors (Lipinski definition) is 5. The van der Waals surface area contributed by atoms with E-state index in [0.717, 1.165) is 30.5 Å². The van der Waals surface area contributed by atoms with Gasteiger partial charge in [-0.3, -0.25) is 4.90 Å². The Morgan fingerprint density at radius 2 is 2.24 bits per heavy atom. The number of fused-ring (bicyclic) bond motifs is 1. The Morgan fingerprint density at radius 1 is 1.32 bits per heavy atom. The fourth-order valence-electron chi connectivity index (χ4n) is 3.76. The molecule has 3 aromatic rings. The second kappa shape index (κ2) is 6.31. The molecular formula is C18H20N6O. The van der Waals surface area contributed by atoms with E-state index in [-0.39, 0.29) is 0 Å². The van der Waals surface area contributed by atoms with E-state index in [2.05, 4.69) is 21.3 Å². The number of rotatable bonds is 4. The summed E-state index contributed by atoms with van der Waals surface area (Å²) in [5, 5.41) is 28.3. The molecule has 0 aliphatic carbocycles. The van der Waals surface area contributed by atoms with Crippen molar-refractivity contribution in [1.82, 2.24) is 24.3 Å². The lowest BCUT2D eigenvalue weighted by Gasteiger charge is -2.39. The predicted octanol–water partition coefficient (Wildman–Crippen LogP) is 1.43. The zero-order valence-corrected chi connectivity index (χ0v) is 13.9. The maximum atomic E-state index is 11.0. The van der Waals surface area contributed by atoms with Gasteiger partial charge in [-0.25, -0.2) is 4.68 Å². The van der Waals surface area contributed by atoms with Crippen LogP contribution >= 0.6 is 0 Å². The second-order valence-electron chi connectivity index (χ2n) is 6.77. The average Bonchev–Trinajstić information content (AvgIpc) is 3.21. The van der Waals surface area contributed by atoms with Crippen molar-refractivity contribution in [2.75, 3.05) is 13.1 Å². The third kappa shape index (κ3) is 3.14. The molecule has 1 atom stereocenters. The molecule has 0 aromatic carbocycles. The summed E-state index contributed by atoms with van der Waals surface area (Å²) >= 11 is 0. The molecule has 0 radical (unpaired) electrons. The van der Waals surface area contributed by atoms with Gasteiger partial charge in [0.2, 0.25) is 0 Å². The number of nitriles is 1. The molecule has 7 nitrogen and oxygen atoms in total. The zero-order valence-electron chi connectivity index (χ0n) is 13.9. The van der Waals surface area contributed by atoms with Gasteiger partial charge in [-0.2, -0.15) is 5.26 Å². The topological polar surface area (TPSA) is 82.4 Å². The first-order chi connectivity index (χ1) is 12.2. The Bertz CT molecular complexity index is 909. The van der Waals surface area contributed by atoms with E-state index in [9.17, 15) is 10.4 Å². The van der Waals surface area contributed by atoms with Gasteiger partial charge in [-0.1, -0.05) is 11.3 Å². The average molecular weight is 336 g/mol. The van der Waals surface area contributed by atoms with Crippen LogP contribution in [0, 0.1) is 11.3 Å². The summed E-state index contributed by atoms with van der Waals surface area (Å²) in [5.41, 5.74) is 1.82. The van der Waals surface area contributed by atoms with Crippen molar-refractivity contribution >= 4 is 5.52 Å². The van der Waals surface area contributed by atoms with Crippen LogP contribution in [0.2, 0.25) is 0 Å². The minimum Gasteiger partial charge on any atom is -0.387 e. The van der Waals surface area contributed by atoms with Gasteiger partial charge in [0.15, 0.2) is 0 Å². The molecule has 1 unspecified atom stereocenters. The zero-order chi connectivity index (χ0) is 17.3. The number of hydrogen-bond donors (Lipinski definition) is 1. The largest absolute Gasteiger partial charge is 0.387 e. The van der Waals surface area contributed by atoms with E-state index in [4.69, 9.17) is 0 Å². The highest BCUT2D eigenvalue weighted by atomic mass is 16.3. The van der Waals surface area contributed by atoms with Crippen LogP contribution in [0.3, 0.4) is 0 Å². The van der Waals surface area contributed by atoms with Crippen LogP contribution < -0.4 is 0 Å². The summed E-state index contributed by atoms with van der Waals surface area (Å²) in [5.74, 6) is 0. The van der Waals surface area contributed by atoms with Crippen LogP contribution in [0.4, 0.5) is 0 Å². The minimum atomic E-state index is -0.822. The van der Waals surface area contributed by atoms with E-state index in [1.165, 1.54) is 0 Å². The molecule has 1 aliphatic rings. The van der Waals surface area contributed by atoms with Crippen LogP contribution in [-0.2, 0) is 13.1 Å². The molecule has 128 valence electrons. The highest BCUT2D eigenvalue weighted by Crippen LogP contribution is 2.26. The highest BCUT2D eigenvalue weighted by molar-refractivity contribution is 5.65. The Balaban J connectivity index is 1.54. The van der Waals surface area contributed by atoms with E-state index < -0.39 is 5.60 Å². The first kappa shape index (κ1) is 15.8. The molecule has 4 rings (SSSR count). The Kier molecular flexibility index (Phi) is 3.99. The normalized spacial score (nSPS) is 21.4. The van der Waals surface area contributed by atoms with E-state index in [0.29, 0.717) is 25.2 Å². The van der Waals surface area contributed by atoms with Crippen LogP contribution in [0.15, 0.2) is 43.0 Å². The van der Waals surface area contributed by atoms with Gasteiger partial charge in [-0.15, -0.1) is 5.10 Å². The lowest BCUT2D eigenvalue weighted by molar-refractivity contribution is -0.0478.